The van der Waals surface area contributed by atoms with Crippen molar-refractivity contribution in [2.24, 2.45) is 5.41 Å². The molecule has 0 radical (unpaired) electrons. The normalized spacial score (nSPS) is 17.1. The molecule has 1 aromatic rings. The molecule has 1 aliphatic carbocycles. The third kappa shape index (κ3) is 2.97. The van der Waals surface area contributed by atoms with Crippen LogP contribution in [0, 0.1) is 5.41 Å². The van der Waals surface area contributed by atoms with Crippen molar-refractivity contribution in [1.29, 1.82) is 0 Å². The third-order valence-electron chi connectivity index (χ3n) is 3.99. The fourth-order valence-electron chi connectivity index (χ4n) is 2.75. The van der Waals surface area contributed by atoms with E-state index in [4.69, 9.17) is 0 Å². The minimum atomic E-state index is -0.873. The van der Waals surface area contributed by atoms with E-state index in [0.29, 0.717) is 18.7 Å². The number of carbonyl (C=O) groups excluding carboxylic acids is 1. The molecular formula is C13H20N4O3. The van der Waals surface area contributed by atoms with Crippen molar-refractivity contribution in [3.63, 3.8) is 0 Å². The van der Waals surface area contributed by atoms with Crippen molar-refractivity contribution >= 4 is 11.9 Å². The van der Waals surface area contributed by atoms with E-state index in [1.165, 1.54) is 0 Å². The molecule has 110 valence electrons. The molecule has 1 aliphatic rings. The number of aliphatic carboxylic acids is 1. The summed E-state index contributed by atoms with van der Waals surface area (Å²) in [6.07, 6.45) is 4.58. The van der Waals surface area contributed by atoms with Crippen LogP contribution in [0.5, 0.6) is 0 Å². The molecule has 1 heterocycles. The van der Waals surface area contributed by atoms with Gasteiger partial charge in [0.25, 0.3) is 0 Å². The number of rotatable bonds is 6. The smallest absolute Gasteiger partial charge is 0.310 e. The second-order valence-corrected chi connectivity index (χ2v) is 5.28. The highest BCUT2D eigenvalue weighted by molar-refractivity contribution is 5.85. The first-order valence-corrected chi connectivity index (χ1v) is 6.94. The summed E-state index contributed by atoms with van der Waals surface area (Å²) in [6, 6.07) is 0. The van der Waals surface area contributed by atoms with Crippen LogP contribution in [-0.4, -0.2) is 31.7 Å². The van der Waals surface area contributed by atoms with Crippen LogP contribution in [0.4, 0.5) is 0 Å². The zero-order chi connectivity index (χ0) is 14.6. The minimum Gasteiger partial charge on any atom is -0.481 e. The molecular weight excluding hydrogens is 260 g/mol. The lowest BCUT2D eigenvalue weighted by atomic mass is 9.82. The number of aryl methyl sites for hydroxylation is 1. The zero-order valence-corrected chi connectivity index (χ0v) is 11.6. The summed E-state index contributed by atoms with van der Waals surface area (Å²) in [6.45, 7) is 2.98. The fourth-order valence-corrected chi connectivity index (χ4v) is 2.75. The molecule has 7 nitrogen and oxygen atoms in total. The number of nitrogens with one attached hydrogen (secondary N) is 1. The maximum atomic E-state index is 12.0. The summed E-state index contributed by atoms with van der Waals surface area (Å²) in [4.78, 5) is 23.4. The van der Waals surface area contributed by atoms with E-state index < -0.39 is 11.4 Å². The van der Waals surface area contributed by atoms with Crippen LogP contribution in [0.15, 0.2) is 6.33 Å². The van der Waals surface area contributed by atoms with Crippen molar-refractivity contribution in [3.05, 3.63) is 12.2 Å². The summed E-state index contributed by atoms with van der Waals surface area (Å²) in [5, 5.41) is 19.8. The Morgan fingerprint density at radius 1 is 1.45 bits per heavy atom. The van der Waals surface area contributed by atoms with Gasteiger partial charge in [-0.1, -0.05) is 12.8 Å². The van der Waals surface area contributed by atoms with Gasteiger partial charge in [0.15, 0.2) is 5.82 Å². The monoisotopic (exact) mass is 280 g/mol. The molecule has 2 N–H and O–H groups in total. The molecule has 1 amide bonds. The Hall–Kier alpha value is -1.92. The van der Waals surface area contributed by atoms with Gasteiger partial charge in [0, 0.05) is 13.0 Å². The van der Waals surface area contributed by atoms with Crippen LogP contribution in [-0.2, 0) is 22.7 Å². The predicted molar refractivity (Wildman–Crippen MR) is 70.7 cm³/mol. The lowest BCUT2D eigenvalue weighted by Crippen LogP contribution is -2.35. The lowest BCUT2D eigenvalue weighted by Gasteiger charge is -2.22. The average Bonchev–Trinajstić information content (AvgIpc) is 3.05. The Morgan fingerprint density at radius 3 is 2.75 bits per heavy atom. The second-order valence-electron chi connectivity index (χ2n) is 5.28. The van der Waals surface area contributed by atoms with E-state index in [-0.39, 0.29) is 18.9 Å². The predicted octanol–water partition coefficient (Wildman–Crippen LogP) is 0.949. The number of nitrogens with zero attached hydrogens (tertiary/aromatic N) is 3. The number of hydrogen-bond donors (Lipinski definition) is 2. The van der Waals surface area contributed by atoms with E-state index >= 15 is 0 Å². The minimum absolute atomic E-state index is 0.0442. The molecule has 2 rings (SSSR count). The Kier molecular flexibility index (Phi) is 4.36. The fraction of sp³-hybridized carbons (Fsp3) is 0.692. The summed E-state index contributed by atoms with van der Waals surface area (Å²) < 4.78 is 1.84. The van der Waals surface area contributed by atoms with Gasteiger partial charge in [-0.05, 0) is 19.8 Å². The molecule has 1 fully saturated rings. The summed E-state index contributed by atoms with van der Waals surface area (Å²) in [5.74, 6) is -0.418. The average molecular weight is 280 g/mol. The number of hydrogen-bond acceptors (Lipinski definition) is 4. The molecule has 0 bridgehead atoms. The number of carboxylic acid groups (broad SMARTS) is 1. The van der Waals surface area contributed by atoms with Crippen molar-refractivity contribution in [3.8, 4) is 0 Å². The van der Waals surface area contributed by atoms with Gasteiger partial charge in [-0.15, -0.1) is 10.2 Å². The molecule has 0 atom stereocenters. The maximum Gasteiger partial charge on any atom is 0.310 e. The number of carboxylic acids is 1. The van der Waals surface area contributed by atoms with Crippen molar-refractivity contribution < 1.29 is 14.7 Å². The van der Waals surface area contributed by atoms with Crippen LogP contribution in [0.1, 0.15) is 44.9 Å². The molecule has 0 saturated heterocycles. The SMILES string of the molecule is CCn1cnnc1CNC(=O)CC1(C(=O)O)CCCC1. The zero-order valence-electron chi connectivity index (χ0n) is 11.6. The van der Waals surface area contributed by atoms with Crippen molar-refractivity contribution in [2.75, 3.05) is 0 Å². The van der Waals surface area contributed by atoms with Gasteiger partial charge >= 0.3 is 5.97 Å². The number of amides is 1. The van der Waals surface area contributed by atoms with E-state index in [9.17, 15) is 14.7 Å². The largest absolute Gasteiger partial charge is 0.481 e. The molecule has 1 saturated carbocycles. The van der Waals surface area contributed by atoms with Crippen LogP contribution in [0.3, 0.4) is 0 Å². The molecule has 0 spiro atoms. The summed E-state index contributed by atoms with van der Waals surface area (Å²) in [7, 11) is 0. The first-order chi connectivity index (χ1) is 9.57. The van der Waals surface area contributed by atoms with Crippen molar-refractivity contribution in [2.45, 2.75) is 52.1 Å². The van der Waals surface area contributed by atoms with Gasteiger partial charge in [0.2, 0.25) is 5.91 Å². The van der Waals surface area contributed by atoms with Gasteiger partial charge in [-0.3, -0.25) is 9.59 Å². The molecule has 7 heteroatoms. The molecule has 0 aliphatic heterocycles. The standard InChI is InChI=1S/C13H20N4O3/c1-2-17-9-15-16-10(17)8-14-11(18)7-13(12(19)20)5-3-4-6-13/h9H,2-8H2,1H3,(H,14,18)(H,19,20). The van der Waals surface area contributed by atoms with E-state index in [1.807, 2.05) is 11.5 Å². The second kappa shape index (κ2) is 6.02. The summed E-state index contributed by atoms with van der Waals surface area (Å²) in [5.41, 5.74) is -0.873. The quantitative estimate of drug-likeness (QED) is 0.808. The first kappa shape index (κ1) is 14.5. The molecule has 0 unspecified atom stereocenters. The highest BCUT2D eigenvalue weighted by Gasteiger charge is 2.42. The van der Waals surface area contributed by atoms with E-state index in [0.717, 1.165) is 19.4 Å². The van der Waals surface area contributed by atoms with Gasteiger partial charge in [0.1, 0.15) is 6.33 Å². The topological polar surface area (TPSA) is 97.1 Å². The third-order valence-corrected chi connectivity index (χ3v) is 3.99. The van der Waals surface area contributed by atoms with Crippen molar-refractivity contribution in [1.82, 2.24) is 20.1 Å². The molecule has 0 aromatic carbocycles. The van der Waals surface area contributed by atoms with Crippen LogP contribution in [0.25, 0.3) is 0 Å². The van der Waals surface area contributed by atoms with Crippen LogP contribution in [0.2, 0.25) is 0 Å². The number of carbonyl (C=O) groups is 2. The highest BCUT2D eigenvalue weighted by atomic mass is 16.4. The van der Waals surface area contributed by atoms with Gasteiger partial charge in [0.05, 0.1) is 12.0 Å². The van der Waals surface area contributed by atoms with Gasteiger partial charge in [-0.2, -0.15) is 0 Å². The highest BCUT2D eigenvalue weighted by Crippen LogP contribution is 2.41. The molecule has 1 aromatic heterocycles. The lowest BCUT2D eigenvalue weighted by molar-refractivity contribution is -0.151. The van der Waals surface area contributed by atoms with E-state index in [2.05, 4.69) is 15.5 Å². The van der Waals surface area contributed by atoms with Crippen LogP contribution < -0.4 is 5.32 Å². The Bertz CT molecular complexity index is 492. The van der Waals surface area contributed by atoms with Gasteiger partial charge < -0.3 is 15.0 Å². The maximum absolute atomic E-state index is 12.0. The van der Waals surface area contributed by atoms with Crippen LogP contribution >= 0.6 is 0 Å². The number of aromatic nitrogens is 3. The Morgan fingerprint density at radius 2 is 2.15 bits per heavy atom. The summed E-state index contributed by atoms with van der Waals surface area (Å²) >= 11 is 0. The van der Waals surface area contributed by atoms with E-state index in [1.54, 1.807) is 6.33 Å². The Balaban J connectivity index is 1.91. The molecule has 20 heavy (non-hydrogen) atoms. The van der Waals surface area contributed by atoms with Gasteiger partial charge in [-0.25, -0.2) is 0 Å². The Labute approximate surface area is 117 Å². The first-order valence-electron chi connectivity index (χ1n) is 6.94.